The Balaban J connectivity index is 1.95. The molecule has 1 saturated carbocycles. The van der Waals surface area contributed by atoms with Gasteiger partial charge in [-0.05, 0) is 59.6 Å². The number of quaternary nitrogens is 1. The van der Waals surface area contributed by atoms with Crippen molar-refractivity contribution in [3.8, 4) is 0 Å². The van der Waals surface area contributed by atoms with Gasteiger partial charge >= 0.3 is 0 Å². The highest BCUT2D eigenvalue weighted by molar-refractivity contribution is 5.42. The third-order valence-electron chi connectivity index (χ3n) is 7.66. The molecule has 1 N–H and O–H groups in total. The van der Waals surface area contributed by atoms with Crippen LogP contribution in [0.4, 0.5) is 0 Å². The fourth-order valence-electron chi connectivity index (χ4n) is 6.52. The average molecular weight is 359 g/mol. The highest BCUT2D eigenvalue weighted by atomic mass is 16.3. The SMILES string of the molecule is CC(C)c1ccc2c(c1)CC[C@H]1[C@](C)(C[N+](C)(C)CCO)CCC[C@]21C. The Bertz CT molecular complexity index is 650. The minimum Gasteiger partial charge on any atom is -0.391 e. The molecule has 3 rings (SSSR count). The van der Waals surface area contributed by atoms with Crippen LogP contribution in [0.2, 0.25) is 0 Å². The van der Waals surface area contributed by atoms with Gasteiger partial charge < -0.3 is 9.59 Å². The van der Waals surface area contributed by atoms with Crippen molar-refractivity contribution >= 4 is 0 Å². The second-order valence-corrected chi connectivity index (χ2v) is 10.6. The number of likely N-dealkylation sites (N-methyl/N-ethyl adjacent to an activating group) is 1. The molecule has 2 aliphatic rings. The quantitative estimate of drug-likeness (QED) is 0.743. The topological polar surface area (TPSA) is 20.2 Å². The van der Waals surface area contributed by atoms with Gasteiger partial charge in [0.2, 0.25) is 0 Å². The van der Waals surface area contributed by atoms with Crippen LogP contribution in [0.1, 0.15) is 76.0 Å². The average Bonchev–Trinajstić information content (AvgIpc) is 2.53. The second-order valence-electron chi connectivity index (χ2n) is 10.6. The smallest absolute Gasteiger partial charge is 0.102 e. The summed E-state index contributed by atoms with van der Waals surface area (Å²) in [7, 11) is 4.58. The van der Waals surface area contributed by atoms with Gasteiger partial charge in [0.05, 0.1) is 27.2 Å². The van der Waals surface area contributed by atoms with E-state index in [-0.39, 0.29) is 6.61 Å². The maximum Gasteiger partial charge on any atom is 0.102 e. The van der Waals surface area contributed by atoms with Crippen molar-refractivity contribution in [1.29, 1.82) is 0 Å². The molecule has 3 atom stereocenters. The monoisotopic (exact) mass is 358 g/mol. The molecule has 0 unspecified atom stereocenters. The lowest BCUT2D eigenvalue weighted by molar-refractivity contribution is -0.898. The van der Waals surface area contributed by atoms with Gasteiger partial charge in [-0.15, -0.1) is 0 Å². The third-order valence-corrected chi connectivity index (χ3v) is 7.66. The van der Waals surface area contributed by atoms with Crippen LogP contribution >= 0.6 is 0 Å². The van der Waals surface area contributed by atoms with E-state index in [9.17, 15) is 5.11 Å². The normalized spacial score (nSPS) is 31.6. The second kappa shape index (κ2) is 6.95. The summed E-state index contributed by atoms with van der Waals surface area (Å²) in [6.45, 7) is 12.0. The molecule has 1 fully saturated rings. The van der Waals surface area contributed by atoms with E-state index in [0.29, 0.717) is 16.7 Å². The van der Waals surface area contributed by atoms with Crippen LogP contribution < -0.4 is 0 Å². The van der Waals surface area contributed by atoms with E-state index in [2.05, 4.69) is 60.0 Å². The minimum atomic E-state index is 0.284. The maximum absolute atomic E-state index is 9.48. The van der Waals surface area contributed by atoms with Gasteiger partial charge in [-0.1, -0.05) is 52.3 Å². The molecule has 2 nitrogen and oxygen atoms in total. The largest absolute Gasteiger partial charge is 0.391 e. The zero-order valence-electron chi connectivity index (χ0n) is 17.9. The number of aryl methyl sites for hydroxylation is 1. The summed E-state index contributed by atoms with van der Waals surface area (Å²) in [6.07, 6.45) is 6.54. The van der Waals surface area contributed by atoms with Crippen LogP contribution in [0, 0.1) is 11.3 Å². The molecule has 2 aliphatic carbocycles. The summed E-state index contributed by atoms with van der Waals surface area (Å²) in [4.78, 5) is 0. The molecule has 26 heavy (non-hydrogen) atoms. The van der Waals surface area contributed by atoms with E-state index >= 15 is 0 Å². The van der Waals surface area contributed by atoms with Gasteiger partial charge in [0, 0.05) is 5.41 Å². The van der Waals surface area contributed by atoms with Crippen molar-refractivity contribution in [2.45, 2.75) is 71.1 Å². The number of hydrogen-bond acceptors (Lipinski definition) is 1. The third kappa shape index (κ3) is 3.47. The van der Waals surface area contributed by atoms with Crippen molar-refractivity contribution < 1.29 is 9.59 Å². The maximum atomic E-state index is 9.48. The van der Waals surface area contributed by atoms with E-state index in [1.54, 1.807) is 11.1 Å². The molecule has 0 bridgehead atoms. The molecule has 146 valence electrons. The first-order chi connectivity index (χ1) is 12.1. The van der Waals surface area contributed by atoms with Crippen molar-refractivity contribution in [3.05, 3.63) is 34.9 Å². The zero-order chi connectivity index (χ0) is 19.2. The number of nitrogens with zero attached hydrogens (tertiary/aromatic N) is 1. The lowest BCUT2D eigenvalue weighted by atomic mass is 9.49. The highest BCUT2D eigenvalue weighted by Gasteiger charge is 2.53. The van der Waals surface area contributed by atoms with Crippen LogP contribution in [0.15, 0.2) is 18.2 Å². The van der Waals surface area contributed by atoms with Crippen molar-refractivity contribution in [1.82, 2.24) is 0 Å². The first-order valence-corrected chi connectivity index (χ1v) is 10.7. The minimum absolute atomic E-state index is 0.284. The van der Waals surface area contributed by atoms with Gasteiger partial charge in [-0.25, -0.2) is 0 Å². The van der Waals surface area contributed by atoms with E-state index in [0.717, 1.165) is 16.9 Å². The van der Waals surface area contributed by atoms with E-state index in [1.165, 1.54) is 44.2 Å². The van der Waals surface area contributed by atoms with Crippen LogP contribution in [-0.4, -0.2) is 43.4 Å². The predicted octanol–water partition coefficient (Wildman–Crippen LogP) is 4.89. The Kier molecular flexibility index (Phi) is 5.31. The molecule has 1 aromatic rings. The molecule has 1 aromatic carbocycles. The molecule has 0 radical (unpaired) electrons. The number of fused-ring (bicyclic) bond motifs is 3. The number of aliphatic hydroxyl groups is 1. The van der Waals surface area contributed by atoms with E-state index in [4.69, 9.17) is 0 Å². The molecule has 0 heterocycles. The molecule has 0 spiro atoms. The summed E-state index contributed by atoms with van der Waals surface area (Å²) >= 11 is 0. The highest BCUT2D eigenvalue weighted by Crippen LogP contribution is 2.57. The predicted molar refractivity (Wildman–Crippen MR) is 111 cm³/mol. The summed E-state index contributed by atoms with van der Waals surface area (Å²) in [6, 6.07) is 7.35. The first-order valence-electron chi connectivity index (χ1n) is 10.7. The fraction of sp³-hybridized carbons (Fsp3) is 0.750. The number of hydrogen-bond donors (Lipinski definition) is 1. The van der Waals surface area contributed by atoms with Crippen molar-refractivity contribution in [3.63, 3.8) is 0 Å². The van der Waals surface area contributed by atoms with Gasteiger partial charge in [-0.3, -0.25) is 0 Å². The van der Waals surface area contributed by atoms with E-state index < -0.39 is 0 Å². The Morgan fingerprint density at radius 1 is 1.19 bits per heavy atom. The zero-order valence-corrected chi connectivity index (χ0v) is 17.9. The van der Waals surface area contributed by atoms with E-state index in [1.807, 2.05) is 0 Å². The van der Waals surface area contributed by atoms with Crippen LogP contribution in [0.5, 0.6) is 0 Å². The summed E-state index contributed by atoms with van der Waals surface area (Å²) in [5, 5.41) is 9.48. The molecule has 2 heteroatoms. The van der Waals surface area contributed by atoms with Crippen LogP contribution in [0.25, 0.3) is 0 Å². The molecule has 0 aliphatic heterocycles. The Labute approximate surface area is 161 Å². The molecule has 0 saturated heterocycles. The number of aliphatic hydroxyl groups excluding tert-OH is 1. The van der Waals surface area contributed by atoms with Crippen molar-refractivity contribution in [2.24, 2.45) is 11.3 Å². The lowest BCUT2D eigenvalue weighted by Gasteiger charge is -2.56. The van der Waals surface area contributed by atoms with Crippen LogP contribution in [0.3, 0.4) is 0 Å². The number of benzene rings is 1. The van der Waals surface area contributed by atoms with Gasteiger partial charge in [0.1, 0.15) is 6.54 Å². The first kappa shape index (κ1) is 19.9. The van der Waals surface area contributed by atoms with Gasteiger partial charge in [0.25, 0.3) is 0 Å². The summed E-state index contributed by atoms with van der Waals surface area (Å²) < 4.78 is 0.929. The summed E-state index contributed by atoms with van der Waals surface area (Å²) in [5.41, 5.74) is 5.42. The molecule has 0 amide bonds. The number of rotatable bonds is 5. The Morgan fingerprint density at radius 3 is 2.58 bits per heavy atom. The summed E-state index contributed by atoms with van der Waals surface area (Å²) in [5.74, 6) is 1.36. The van der Waals surface area contributed by atoms with Gasteiger partial charge in [0.15, 0.2) is 0 Å². The van der Waals surface area contributed by atoms with Crippen LogP contribution in [-0.2, 0) is 11.8 Å². The molecular formula is C24H40NO+. The Hall–Kier alpha value is -0.860. The molecule has 0 aromatic heterocycles. The Morgan fingerprint density at radius 2 is 1.92 bits per heavy atom. The fourth-order valence-corrected chi connectivity index (χ4v) is 6.52. The van der Waals surface area contributed by atoms with Crippen molar-refractivity contribution in [2.75, 3.05) is 33.8 Å². The molecular weight excluding hydrogens is 318 g/mol. The standard InChI is InChI=1S/C24H40NO/c1-18(2)19-8-10-21-20(16-19)9-11-22-23(3,12-7-13-24(21,22)4)17-25(5,6)14-15-26/h8,10,16,18,22,26H,7,9,11-15,17H2,1-6H3/q+1/t22-,23-,24+/m0/s1. The van der Waals surface area contributed by atoms with Gasteiger partial charge in [-0.2, -0.15) is 0 Å². The lowest BCUT2D eigenvalue weighted by Crippen LogP contribution is -2.57.